The molecule has 0 aromatic heterocycles. The number of hydrogen-bond donors (Lipinski definition) is 1. The van der Waals surface area contributed by atoms with Crippen molar-refractivity contribution in [3.8, 4) is 5.75 Å². The Bertz CT molecular complexity index is 1050. The van der Waals surface area contributed by atoms with Crippen molar-refractivity contribution in [1.82, 2.24) is 5.32 Å². The van der Waals surface area contributed by atoms with Crippen molar-refractivity contribution >= 4 is 51.2 Å². The van der Waals surface area contributed by atoms with Crippen LogP contribution in [0, 0.1) is 10.1 Å². The Morgan fingerprint density at radius 3 is 2.61 bits per heavy atom. The summed E-state index contributed by atoms with van der Waals surface area (Å²) < 4.78 is 5.91. The van der Waals surface area contributed by atoms with E-state index in [4.69, 9.17) is 4.74 Å². The summed E-state index contributed by atoms with van der Waals surface area (Å²) in [5, 5.41) is 13.0. The lowest BCUT2D eigenvalue weighted by Gasteiger charge is -2.26. The van der Waals surface area contributed by atoms with Crippen molar-refractivity contribution in [1.29, 1.82) is 0 Å². The molecule has 0 atom stereocenters. The van der Waals surface area contributed by atoms with Crippen LogP contribution in [0.4, 0.5) is 16.2 Å². The molecule has 1 aliphatic heterocycles. The third-order valence-electron chi connectivity index (χ3n) is 3.89. The van der Waals surface area contributed by atoms with Crippen LogP contribution in [0.25, 0.3) is 6.08 Å². The van der Waals surface area contributed by atoms with Crippen LogP contribution in [0.15, 0.2) is 52.5 Å². The number of ether oxygens (including phenoxy) is 1. The molecule has 28 heavy (non-hydrogen) atoms. The molecule has 4 amide bonds. The first kappa shape index (κ1) is 19.2. The second-order valence-corrected chi connectivity index (χ2v) is 6.54. The van der Waals surface area contributed by atoms with Gasteiger partial charge in [0.05, 0.1) is 17.7 Å². The highest BCUT2D eigenvalue weighted by molar-refractivity contribution is 9.10. The third-order valence-corrected chi connectivity index (χ3v) is 4.39. The maximum absolute atomic E-state index is 12.9. The smallest absolute Gasteiger partial charge is 0.335 e. The average molecular weight is 446 g/mol. The van der Waals surface area contributed by atoms with Gasteiger partial charge in [-0.15, -0.1) is 0 Å². The molecule has 10 heteroatoms. The highest BCUT2D eigenvalue weighted by Crippen LogP contribution is 2.28. The fourth-order valence-electron chi connectivity index (χ4n) is 2.61. The second-order valence-electron chi connectivity index (χ2n) is 5.62. The molecule has 0 bridgehead atoms. The van der Waals surface area contributed by atoms with E-state index in [0.29, 0.717) is 20.7 Å². The summed E-state index contributed by atoms with van der Waals surface area (Å²) in [4.78, 5) is 48.3. The largest absolute Gasteiger partial charge is 0.496 e. The van der Waals surface area contributed by atoms with Gasteiger partial charge in [-0.25, -0.2) is 9.69 Å². The van der Waals surface area contributed by atoms with E-state index >= 15 is 0 Å². The fraction of sp³-hybridized carbons (Fsp3) is 0.0556. The Hall–Kier alpha value is -3.53. The number of methoxy groups -OCH3 is 1. The molecule has 0 unspecified atom stereocenters. The summed E-state index contributed by atoms with van der Waals surface area (Å²) in [7, 11) is 1.44. The summed E-state index contributed by atoms with van der Waals surface area (Å²) in [5.74, 6) is -1.37. The molecule has 3 rings (SSSR count). The second kappa shape index (κ2) is 7.61. The monoisotopic (exact) mass is 445 g/mol. The molecule has 2 aromatic rings. The van der Waals surface area contributed by atoms with Gasteiger partial charge in [-0.2, -0.15) is 0 Å². The van der Waals surface area contributed by atoms with Gasteiger partial charge in [0.15, 0.2) is 0 Å². The highest BCUT2D eigenvalue weighted by Gasteiger charge is 2.37. The molecular formula is C18H12BrN3O6. The van der Waals surface area contributed by atoms with Crippen LogP contribution < -0.4 is 15.0 Å². The number of amides is 4. The number of imide groups is 2. The molecule has 142 valence electrons. The average Bonchev–Trinajstić information content (AvgIpc) is 2.65. The molecule has 0 aliphatic carbocycles. The van der Waals surface area contributed by atoms with Gasteiger partial charge in [0.1, 0.15) is 11.3 Å². The summed E-state index contributed by atoms with van der Waals surface area (Å²) in [6, 6.07) is 9.01. The minimum atomic E-state index is -0.992. The van der Waals surface area contributed by atoms with E-state index in [-0.39, 0.29) is 16.9 Å². The molecule has 1 fully saturated rings. The molecule has 1 aliphatic rings. The predicted octanol–water partition coefficient (Wildman–Crippen LogP) is 3.03. The van der Waals surface area contributed by atoms with E-state index in [1.54, 1.807) is 18.2 Å². The number of halogens is 1. The molecule has 1 heterocycles. The van der Waals surface area contributed by atoms with Gasteiger partial charge in [-0.3, -0.25) is 25.0 Å². The number of urea groups is 1. The number of carbonyl (C=O) groups excluding carboxylic acids is 3. The Labute approximate surface area is 166 Å². The van der Waals surface area contributed by atoms with Crippen LogP contribution in [0.1, 0.15) is 5.56 Å². The molecular weight excluding hydrogens is 434 g/mol. The number of carbonyl (C=O) groups is 3. The molecule has 0 spiro atoms. The Morgan fingerprint density at radius 1 is 1.18 bits per heavy atom. The number of nitrogens with zero attached hydrogens (tertiary/aromatic N) is 2. The third kappa shape index (κ3) is 3.62. The van der Waals surface area contributed by atoms with Crippen LogP contribution in [0.5, 0.6) is 5.75 Å². The van der Waals surface area contributed by atoms with Crippen molar-refractivity contribution in [2.45, 2.75) is 0 Å². The lowest BCUT2D eigenvalue weighted by atomic mass is 10.1. The van der Waals surface area contributed by atoms with Crippen LogP contribution in [-0.4, -0.2) is 29.9 Å². The SMILES string of the molecule is COc1ccc(Br)cc1/C=C1/C(=O)NC(=O)N(c2cccc([N+](=O)[O-])c2)C1=O. The Kier molecular flexibility index (Phi) is 5.23. The number of nitro benzene ring substituents is 1. The van der Waals surface area contributed by atoms with Crippen LogP contribution >= 0.6 is 15.9 Å². The molecule has 1 saturated heterocycles. The van der Waals surface area contributed by atoms with E-state index in [1.165, 1.54) is 31.4 Å². The van der Waals surface area contributed by atoms with E-state index in [0.717, 1.165) is 6.07 Å². The van der Waals surface area contributed by atoms with Gasteiger partial charge in [0.25, 0.3) is 17.5 Å². The molecule has 0 radical (unpaired) electrons. The Morgan fingerprint density at radius 2 is 1.93 bits per heavy atom. The fourth-order valence-corrected chi connectivity index (χ4v) is 2.99. The standard InChI is InChI=1S/C18H12BrN3O6/c1-28-15-6-5-11(19)7-10(15)8-14-16(23)20-18(25)21(17(14)24)12-3-2-4-13(9-12)22(26)27/h2-9H,1H3,(H,20,23,25)/b14-8-. The number of rotatable bonds is 4. The quantitative estimate of drug-likeness (QED) is 0.334. The lowest BCUT2D eigenvalue weighted by molar-refractivity contribution is -0.384. The predicted molar refractivity (Wildman–Crippen MR) is 103 cm³/mol. The number of nitro groups is 1. The number of hydrogen-bond acceptors (Lipinski definition) is 6. The number of barbiturate groups is 1. The van der Waals surface area contributed by atoms with Crippen molar-refractivity contribution in [2.24, 2.45) is 0 Å². The normalized spacial score (nSPS) is 15.6. The first-order valence-electron chi connectivity index (χ1n) is 7.81. The number of anilines is 1. The molecule has 2 aromatic carbocycles. The zero-order valence-corrected chi connectivity index (χ0v) is 15.9. The summed E-state index contributed by atoms with van der Waals surface area (Å²) >= 11 is 3.30. The minimum Gasteiger partial charge on any atom is -0.496 e. The highest BCUT2D eigenvalue weighted by atomic mass is 79.9. The van der Waals surface area contributed by atoms with Gasteiger partial charge in [-0.1, -0.05) is 22.0 Å². The van der Waals surface area contributed by atoms with E-state index < -0.39 is 22.8 Å². The first-order chi connectivity index (χ1) is 13.3. The topological polar surface area (TPSA) is 119 Å². The molecule has 0 saturated carbocycles. The van der Waals surface area contributed by atoms with Gasteiger partial charge >= 0.3 is 6.03 Å². The van der Waals surface area contributed by atoms with Crippen molar-refractivity contribution in [3.05, 3.63) is 68.2 Å². The van der Waals surface area contributed by atoms with Gasteiger partial charge in [-0.05, 0) is 30.3 Å². The summed E-state index contributed by atoms with van der Waals surface area (Å²) in [6.07, 6.45) is 1.29. The zero-order valence-electron chi connectivity index (χ0n) is 14.3. The first-order valence-corrected chi connectivity index (χ1v) is 8.60. The Balaban J connectivity index is 2.07. The van der Waals surface area contributed by atoms with Gasteiger partial charge in [0, 0.05) is 22.2 Å². The van der Waals surface area contributed by atoms with Gasteiger partial charge < -0.3 is 4.74 Å². The van der Waals surface area contributed by atoms with Crippen LogP contribution in [0.2, 0.25) is 0 Å². The zero-order chi connectivity index (χ0) is 20.4. The summed E-state index contributed by atoms with van der Waals surface area (Å²) in [5.41, 5.74) is -0.211. The lowest BCUT2D eigenvalue weighted by Crippen LogP contribution is -2.54. The minimum absolute atomic E-state index is 0.0312. The van der Waals surface area contributed by atoms with Crippen molar-refractivity contribution in [3.63, 3.8) is 0 Å². The maximum Gasteiger partial charge on any atom is 0.335 e. The molecule has 1 N–H and O–H groups in total. The molecule has 9 nitrogen and oxygen atoms in total. The number of benzene rings is 2. The van der Waals surface area contributed by atoms with Crippen molar-refractivity contribution in [2.75, 3.05) is 12.0 Å². The van der Waals surface area contributed by atoms with Crippen LogP contribution in [0.3, 0.4) is 0 Å². The summed E-state index contributed by atoms with van der Waals surface area (Å²) in [6.45, 7) is 0. The van der Waals surface area contributed by atoms with Crippen molar-refractivity contribution < 1.29 is 24.0 Å². The number of non-ortho nitro benzene ring substituents is 1. The van der Waals surface area contributed by atoms with E-state index in [9.17, 15) is 24.5 Å². The van der Waals surface area contributed by atoms with Gasteiger partial charge in [0.2, 0.25) is 0 Å². The number of nitrogens with one attached hydrogen (secondary N) is 1. The van der Waals surface area contributed by atoms with Crippen LogP contribution in [-0.2, 0) is 9.59 Å². The maximum atomic E-state index is 12.9. The van der Waals surface area contributed by atoms with E-state index in [1.807, 2.05) is 0 Å². The van der Waals surface area contributed by atoms with E-state index in [2.05, 4.69) is 21.2 Å².